The van der Waals surface area contributed by atoms with Crippen molar-refractivity contribution in [3.05, 3.63) is 76.2 Å². The summed E-state index contributed by atoms with van der Waals surface area (Å²) in [6.07, 6.45) is 0.669. The highest BCUT2D eigenvalue weighted by molar-refractivity contribution is 8.00. The summed E-state index contributed by atoms with van der Waals surface area (Å²) < 4.78 is 28.1. The number of hydrogen-bond acceptors (Lipinski definition) is 5. The van der Waals surface area contributed by atoms with Gasteiger partial charge < -0.3 is 5.32 Å². The van der Waals surface area contributed by atoms with Gasteiger partial charge in [0.2, 0.25) is 5.91 Å². The summed E-state index contributed by atoms with van der Waals surface area (Å²) >= 11 is 2.57. The van der Waals surface area contributed by atoms with E-state index in [2.05, 4.69) is 10.3 Å². The van der Waals surface area contributed by atoms with Crippen molar-refractivity contribution in [2.45, 2.75) is 28.6 Å². The van der Waals surface area contributed by atoms with Crippen molar-refractivity contribution in [2.24, 2.45) is 0 Å². The number of nitrogens with zero attached hydrogens (tertiary/aromatic N) is 2. The molecule has 0 spiro atoms. The Morgan fingerprint density at radius 2 is 2.00 bits per heavy atom. The van der Waals surface area contributed by atoms with E-state index in [1.165, 1.54) is 58.8 Å². The van der Waals surface area contributed by atoms with Crippen molar-refractivity contribution in [3.63, 3.8) is 0 Å². The highest BCUT2D eigenvalue weighted by Crippen LogP contribution is 2.34. The third-order valence-electron chi connectivity index (χ3n) is 4.41. The molecule has 154 valence electrons. The predicted octanol–water partition coefficient (Wildman–Crippen LogP) is 4.28. The molecule has 4 rings (SSSR count). The summed E-state index contributed by atoms with van der Waals surface area (Å²) in [7, 11) is 0. The number of fused-ring (bicyclic) bond motifs is 1. The van der Waals surface area contributed by atoms with Crippen molar-refractivity contribution in [3.8, 4) is 5.69 Å². The van der Waals surface area contributed by atoms with Crippen LogP contribution < -0.4 is 10.9 Å². The molecule has 9 heteroatoms. The molecule has 0 fully saturated rings. The van der Waals surface area contributed by atoms with Crippen molar-refractivity contribution in [1.82, 2.24) is 9.55 Å². The van der Waals surface area contributed by atoms with Gasteiger partial charge in [-0.15, -0.1) is 11.8 Å². The highest BCUT2D eigenvalue weighted by atomic mass is 32.2. The molecule has 30 heavy (non-hydrogen) atoms. The number of amides is 1. The zero-order chi connectivity index (χ0) is 21.3. The van der Waals surface area contributed by atoms with Crippen molar-refractivity contribution >= 4 is 35.1 Å². The van der Waals surface area contributed by atoms with Crippen molar-refractivity contribution < 1.29 is 13.6 Å². The minimum Gasteiger partial charge on any atom is -0.325 e. The SMILES string of the molecule is CC1Cc2nc(SCC(=O)Nc3cccc(F)c3)n(-c3ccc(F)cc3)c(=O)c2S1. The minimum atomic E-state index is -0.447. The first kappa shape index (κ1) is 20.6. The van der Waals surface area contributed by atoms with Gasteiger partial charge in [0.1, 0.15) is 11.6 Å². The molecule has 0 aliphatic carbocycles. The van der Waals surface area contributed by atoms with Crippen molar-refractivity contribution in [1.29, 1.82) is 0 Å². The van der Waals surface area contributed by atoms with Crippen LogP contribution in [0.15, 0.2) is 63.4 Å². The van der Waals surface area contributed by atoms with E-state index in [9.17, 15) is 18.4 Å². The van der Waals surface area contributed by atoms with E-state index in [-0.39, 0.29) is 22.5 Å². The topological polar surface area (TPSA) is 64.0 Å². The highest BCUT2D eigenvalue weighted by Gasteiger charge is 2.27. The lowest BCUT2D eigenvalue weighted by molar-refractivity contribution is -0.113. The molecule has 3 aromatic rings. The van der Waals surface area contributed by atoms with Gasteiger partial charge in [-0.1, -0.05) is 24.8 Å². The van der Waals surface area contributed by atoms with Crippen LogP contribution in [-0.4, -0.2) is 26.5 Å². The van der Waals surface area contributed by atoms with Gasteiger partial charge in [-0.3, -0.25) is 14.2 Å². The van der Waals surface area contributed by atoms with E-state index in [0.29, 0.717) is 33.5 Å². The first-order valence-corrected chi connectivity index (χ1v) is 11.0. The molecule has 1 atom stereocenters. The molecule has 1 N–H and O–H groups in total. The Balaban J connectivity index is 1.62. The number of nitrogens with one attached hydrogen (secondary N) is 1. The molecule has 1 unspecified atom stereocenters. The minimum absolute atomic E-state index is 0.0222. The number of anilines is 1. The van der Waals surface area contributed by atoms with Crippen LogP contribution in [0, 0.1) is 11.6 Å². The number of rotatable bonds is 5. The maximum atomic E-state index is 13.4. The van der Waals surface area contributed by atoms with Crippen molar-refractivity contribution in [2.75, 3.05) is 11.1 Å². The molecule has 0 saturated carbocycles. The largest absolute Gasteiger partial charge is 0.325 e. The van der Waals surface area contributed by atoms with Gasteiger partial charge in [0.25, 0.3) is 5.56 Å². The summed E-state index contributed by atoms with van der Waals surface area (Å²) in [5.41, 5.74) is 1.31. The van der Waals surface area contributed by atoms with Gasteiger partial charge in [0.15, 0.2) is 5.16 Å². The van der Waals surface area contributed by atoms with Crippen LogP contribution in [-0.2, 0) is 11.2 Å². The zero-order valence-electron chi connectivity index (χ0n) is 15.9. The van der Waals surface area contributed by atoms with Crippen LogP contribution in [0.1, 0.15) is 12.6 Å². The van der Waals surface area contributed by atoms with Gasteiger partial charge in [-0.05, 0) is 42.5 Å². The van der Waals surface area contributed by atoms with Crippen LogP contribution in [0.25, 0.3) is 5.69 Å². The summed E-state index contributed by atoms with van der Waals surface area (Å²) in [5, 5.41) is 3.22. The van der Waals surface area contributed by atoms with E-state index in [4.69, 9.17) is 0 Å². The summed E-state index contributed by atoms with van der Waals surface area (Å²) in [6.45, 7) is 2.02. The Kier molecular flexibility index (Phi) is 5.92. The number of halogens is 2. The van der Waals surface area contributed by atoms with Gasteiger partial charge >= 0.3 is 0 Å². The second-order valence-corrected chi connectivity index (χ2v) is 9.16. The predicted molar refractivity (Wildman–Crippen MR) is 115 cm³/mol. The quantitative estimate of drug-likeness (QED) is 0.469. The lowest BCUT2D eigenvalue weighted by Gasteiger charge is -2.13. The number of benzene rings is 2. The standard InChI is InChI=1S/C21H17F2N3O2S2/c1-12-9-17-19(30-12)20(28)26(16-7-5-13(22)6-8-16)21(25-17)29-11-18(27)24-15-4-2-3-14(23)10-15/h2-8,10,12H,9,11H2,1H3,(H,24,27). The van der Waals surface area contributed by atoms with E-state index >= 15 is 0 Å². The number of carbonyl (C=O) groups is 1. The van der Waals surface area contributed by atoms with Crippen LogP contribution in [0.3, 0.4) is 0 Å². The molecule has 2 aromatic carbocycles. The maximum Gasteiger partial charge on any atom is 0.272 e. The molecule has 1 aliphatic rings. The van der Waals surface area contributed by atoms with E-state index in [0.717, 1.165) is 11.8 Å². The number of aromatic nitrogens is 2. The third-order valence-corrected chi connectivity index (χ3v) is 6.56. The average Bonchev–Trinajstić information content (AvgIpc) is 3.08. The van der Waals surface area contributed by atoms with Crippen LogP contribution >= 0.6 is 23.5 Å². The Morgan fingerprint density at radius 1 is 1.23 bits per heavy atom. The molecule has 1 aliphatic heterocycles. The van der Waals surface area contributed by atoms with Crippen LogP contribution in [0.2, 0.25) is 0 Å². The Bertz CT molecular complexity index is 1170. The normalized spacial score (nSPS) is 15.1. The fourth-order valence-electron chi connectivity index (χ4n) is 3.11. The number of thioether (sulfide) groups is 2. The lowest BCUT2D eigenvalue weighted by Crippen LogP contribution is -2.24. The fourth-order valence-corrected chi connectivity index (χ4v) is 5.03. The summed E-state index contributed by atoms with van der Waals surface area (Å²) in [5.74, 6) is -1.23. The molecule has 5 nitrogen and oxygen atoms in total. The monoisotopic (exact) mass is 445 g/mol. The smallest absolute Gasteiger partial charge is 0.272 e. The Hall–Kier alpha value is -2.65. The molecule has 2 heterocycles. The zero-order valence-corrected chi connectivity index (χ0v) is 17.5. The second kappa shape index (κ2) is 8.61. The molecule has 1 aromatic heterocycles. The van der Waals surface area contributed by atoms with Gasteiger partial charge in [-0.25, -0.2) is 13.8 Å². The third kappa shape index (κ3) is 4.41. The van der Waals surface area contributed by atoms with Crippen LogP contribution in [0.5, 0.6) is 0 Å². The molecule has 0 bridgehead atoms. The molecule has 0 saturated heterocycles. The second-order valence-electron chi connectivity index (χ2n) is 6.77. The fraction of sp³-hybridized carbons (Fsp3) is 0.190. The lowest BCUT2D eigenvalue weighted by atomic mass is 10.2. The van der Waals surface area contributed by atoms with E-state index in [1.807, 2.05) is 6.92 Å². The Morgan fingerprint density at radius 3 is 2.73 bits per heavy atom. The van der Waals surface area contributed by atoms with Gasteiger partial charge in [0, 0.05) is 17.4 Å². The van der Waals surface area contributed by atoms with E-state index < -0.39 is 11.6 Å². The molecular formula is C21H17F2N3O2S2. The molecule has 0 radical (unpaired) electrons. The average molecular weight is 446 g/mol. The Labute approximate surface area is 179 Å². The van der Waals surface area contributed by atoms with E-state index in [1.54, 1.807) is 6.07 Å². The summed E-state index contributed by atoms with van der Waals surface area (Å²) in [6, 6.07) is 11.2. The molecule has 1 amide bonds. The summed E-state index contributed by atoms with van der Waals surface area (Å²) in [4.78, 5) is 30.7. The van der Waals surface area contributed by atoms with Gasteiger partial charge in [0.05, 0.1) is 22.0 Å². The maximum absolute atomic E-state index is 13.4. The van der Waals surface area contributed by atoms with Crippen LogP contribution in [0.4, 0.5) is 14.5 Å². The van der Waals surface area contributed by atoms with Gasteiger partial charge in [-0.2, -0.15) is 0 Å². The number of hydrogen-bond donors (Lipinski definition) is 1. The first-order chi connectivity index (χ1) is 14.4. The first-order valence-electron chi connectivity index (χ1n) is 9.17. The number of carbonyl (C=O) groups excluding carboxylic acids is 1. The molecular weight excluding hydrogens is 428 g/mol.